The highest BCUT2D eigenvalue weighted by molar-refractivity contribution is 5.97. The third-order valence-corrected chi connectivity index (χ3v) is 6.62. The molecule has 1 aliphatic heterocycles. The van der Waals surface area contributed by atoms with Crippen LogP contribution in [0.1, 0.15) is 48.0 Å². The Bertz CT molecular complexity index is 1490. The summed E-state index contributed by atoms with van der Waals surface area (Å²) in [5, 5.41) is 2.61. The second kappa shape index (κ2) is 11.0. The Morgan fingerprint density at radius 3 is 2.40 bits per heavy atom. The fourth-order valence-corrected chi connectivity index (χ4v) is 4.64. The topological polar surface area (TPSA) is 125 Å². The van der Waals surface area contributed by atoms with Crippen LogP contribution in [0.4, 0.5) is 13.2 Å². The van der Waals surface area contributed by atoms with Crippen LogP contribution in [0.5, 0.6) is 5.75 Å². The fourth-order valence-electron chi connectivity index (χ4n) is 4.64. The van der Waals surface area contributed by atoms with E-state index in [2.05, 4.69) is 20.0 Å². The summed E-state index contributed by atoms with van der Waals surface area (Å²) in [5.74, 6) is -2.00. The van der Waals surface area contributed by atoms with E-state index in [1.807, 2.05) is 0 Å². The Balaban J connectivity index is 1.43. The summed E-state index contributed by atoms with van der Waals surface area (Å²) < 4.78 is 41.2. The summed E-state index contributed by atoms with van der Waals surface area (Å²) in [6.07, 6.45) is -4.59. The number of hydrogen-bond donors (Lipinski definition) is 2. The van der Waals surface area contributed by atoms with E-state index in [-0.39, 0.29) is 43.2 Å². The van der Waals surface area contributed by atoms with Gasteiger partial charge in [0.2, 0.25) is 5.91 Å². The molecule has 0 bridgehead atoms. The van der Waals surface area contributed by atoms with Gasteiger partial charge in [0.15, 0.2) is 5.69 Å². The van der Waals surface area contributed by atoms with Crippen LogP contribution in [0.25, 0.3) is 11.0 Å². The van der Waals surface area contributed by atoms with Crippen molar-refractivity contribution in [2.24, 2.45) is 0 Å². The molecule has 13 heteroatoms. The molecule has 0 saturated carbocycles. The van der Waals surface area contributed by atoms with Gasteiger partial charge in [0.05, 0.1) is 16.6 Å². The second-order valence-corrected chi connectivity index (χ2v) is 9.97. The smallest absolute Gasteiger partial charge is 0.406 e. The van der Waals surface area contributed by atoms with Gasteiger partial charge in [0.1, 0.15) is 11.8 Å². The number of aromatic nitrogens is 2. The molecule has 2 aromatic carbocycles. The van der Waals surface area contributed by atoms with Gasteiger partial charge in [-0.2, -0.15) is 0 Å². The molecule has 0 radical (unpaired) electrons. The number of carbonyl (C=O) groups is 3. The first-order chi connectivity index (χ1) is 18.8. The highest BCUT2D eigenvalue weighted by Crippen LogP contribution is 2.27. The largest absolute Gasteiger partial charge is 0.573 e. The van der Waals surface area contributed by atoms with Crippen molar-refractivity contribution < 1.29 is 32.3 Å². The van der Waals surface area contributed by atoms with Crippen molar-refractivity contribution in [3.05, 3.63) is 70.1 Å². The molecule has 10 nitrogen and oxygen atoms in total. The fraction of sp³-hybridized carbons (Fsp3) is 0.370. The van der Waals surface area contributed by atoms with Gasteiger partial charge in [-0.15, -0.1) is 13.2 Å². The lowest BCUT2D eigenvalue weighted by atomic mass is 9.96. The lowest BCUT2D eigenvalue weighted by molar-refractivity contribution is -0.274. The lowest BCUT2D eigenvalue weighted by Crippen LogP contribution is -2.64. The van der Waals surface area contributed by atoms with Crippen LogP contribution >= 0.6 is 0 Å². The predicted octanol–water partition coefficient (Wildman–Crippen LogP) is 3.09. The Labute approximate surface area is 227 Å². The number of fused-ring (bicyclic) bond motifs is 1. The van der Waals surface area contributed by atoms with Crippen LogP contribution in [-0.4, -0.2) is 75.1 Å². The third-order valence-electron chi connectivity index (χ3n) is 6.62. The first-order valence-corrected chi connectivity index (χ1v) is 12.6. The highest BCUT2D eigenvalue weighted by atomic mass is 19.4. The molecule has 0 unspecified atom stereocenters. The molecule has 2 N–H and O–H groups in total. The van der Waals surface area contributed by atoms with Crippen molar-refractivity contribution in [3.63, 3.8) is 0 Å². The number of halogens is 3. The molecule has 1 aromatic heterocycles. The number of nitrogens with one attached hydrogen (secondary N) is 2. The van der Waals surface area contributed by atoms with Gasteiger partial charge in [0, 0.05) is 25.2 Å². The maximum Gasteiger partial charge on any atom is 0.573 e. The number of aromatic amines is 1. The molecule has 1 fully saturated rings. The minimum absolute atomic E-state index is 0.147. The van der Waals surface area contributed by atoms with Crippen LogP contribution < -0.4 is 15.6 Å². The molecule has 3 amide bonds. The molecule has 40 heavy (non-hydrogen) atoms. The van der Waals surface area contributed by atoms with Crippen molar-refractivity contribution in [1.29, 1.82) is 0 Å². The normalized spacial score (nSPS) is 15.9. The maximum atomic E-state index is 13.4. The van der Waals surface area contributed by atoms with Crippen LogP contribution in [0.15, 0.2) is 53.3 Å². The number of amides is 3. The number of rotatable bonds is 6. The zero-order valence-corrected chi connectivity index (χ0v) is 22.0. The number of benzene rings is 2. The number of H-pyrrole nitrogens is 1. The molecular weight excluding hydrogens is 531 g/mol. The first-order valence-electron chi connectivity index (χ1n) is 12.6. The number of alkyl halides is 3. The molecule has 0 aliphatic carbocycles. The van der Waals surface area contributed by atoms with E-state index < -0.39 is 41.1 Å². The molecule has 3 aromatic rings. The van der Waals surface area contributed by atoms with E-state index in [9.17, 15) is 32.3 Å². The first kappa shape index (κ1) is 28.6. The Hall–Kier alpha value is -4.42. The zero-order valence-electron chi connectivity index (χ0n) is 22.0. The molecule has 1 atom stereocenters. The van der Waals surface area contributed by atoms with Gasteiger partial charge < -0.3 is 24.8 Å². The average molecular weight is 560 g/mol. The Morgan fingerprint density at radius 2 is 1.77 bits per heavy atom. The standard InChI is InChI=1S/C27H28F3N5O5/c1-4-18(32-22(36)21-23(37)33-20-8-6-5-7-19(20)31-21)25(39)34-13-14-35(26(2,3)15-34)24(38)16-9-11-17(12-10-16)40-27(28,29)30/h5-12,18H,4,13-15H2,1-3H3,(H,32,36)(H,33,37)/t18-/m0/s1. The average Bonchev–Trinajstić information content (AvgIpc) is 2.89. The van der Waals surface area contributed by atoms with E-state index >= 15 is 0 Å². The monoisotopic (exact) mass is 559 g/mol. The summed E-state index contributed by atoms with van der Waals surface area (Å²) in [5.41, 5.74) is -0.777. The van der Waals surface area contributed by atoms with Crippen molar-refractivity contribution in [1.82, 2.24) is 25.1 Å². The van der Waals surface area contributed by atoms with Crippen LogP contribution in [-0.2, 0) is 4.79 Å². The van der Waals surface area contributed by atoms with Gasteiger partial charge in [-0.25, -0.2) is 4.98 Å². The lowest BCUT2D eigenvalue weighted by Gasteiger charge is -2.47. The van der Waals surface area contributed by atoms with Gasteiger partial charge in [-0.3, -0.25) is 19.2 Å². The van der Waals surface area contributed by atoms with E-state index in [1.54, 1.807) is 49.9 Å². The van der Waals surface area contributed by atoms with Gasteiger partial charge in [0.25, 0.3) is 17.4 Å². The zero-order chi connectivity index (χ0) is 29.2. The molecular formula is C27H28F3N5O5. The quantitative estimate of drug-likeness (QED) is 0.478. The highest BCUT2D eigenvalue weighted by Gasteiger charge is 2.40. The number of piperazine rings is 1. The summed E-state index contributed by atoms with van der Waals surface area (Å²) in [6, 6.07) is 10.5. The van der Waals surface area contributed by atoms with E-state index in [1.165, 1.54) is 17.0 Å². The molecule has 2 heterocycles. The molecule has 1 aliphatic rings. The molecule has 212 valence electrons. The number of carbonyl (C=O) groups excluding carboxylic acids is 3. The molecule has 0 spiro atoms. The van der Waals surface area contributed by atoms with E-state index in [0.717, 1.165) is 12.1 Å². The number of ether oxygens (including phenoxy) is 1. The van der Waals surface area contributed by atoms with Gasteiger partial charge in [-0.05, 0) is 56.7 Å². The van der Waals surface area contributed by atoms with E-state index in [4.69, 9.17) is 0 Å². The van der Waals surface area contributed by atoms with Crippen molar-refractivity contribution in [3.8, 4) is 5.75 Å². The Kier molecular flexibility index (Phi) is 7.85. The molecule has 1 saturated heterocycles. The van der Waals surface area contributed by atoms with Crippen molar-refractivity contribution in [2.45, 2.75) is 45.1 Å². The second-order valence-electron chi connectivity index (χ2n) is 9.97. The summed E-state index contributed by atoms with van der Waals surface area (Å²) in [6.45, 7) is 5.73. The molecule has 4 rings (SSSR count). The predicted molar refractivity (Wildman–Crippen MR) is 139 cm³/mol. The third kappa shape index (κ3) is 6.24. The van der Waals surface area contributed by atoms with Crippen molar-refractivity contribution >= 4 is 28.8 Å². The van der Waals surface area contributed by atoms with Crippen LogP contribution in [0, 0.1) is 0 Å². The minimum atomic E-state index is -4.84. The number of hydrogen-bond acceptors (Lipinski definition) is 6. The van der Waals surface area contributed by atoms with Crippen molar-refractivity contribution in [2.75, 3.05) is 19.6 Å². The maximum absolute atomic E-state index is 13.4. The minimum Gasteiger partial charge on any atom is -0.406 e. The van der Waals surface area contributed by atoms with Gasteiger partial charge in [-0.1, -0.05) is 19.1 Å². The van der Waals surface area contributed by atoms with Crippen LogP contribution in [0.3, 0.4) is 0 Å². The van der Waals surface area contributed by atoms with E-state index in [0.29, 0.717) is 11.0 Å². The SMILES string of the molecule is CC[C@H](NC(=O)c1nc2ccccc2[nH]c1=O)C(=O)N1CCN(C(=O)c2ccc(OC(F)(F)F)cc2)C(C)(C)C1. The van der Waals surface area contributed by atoms with Crippen LogP contribution in [0.2, 0.25) is 0 Å². The number of nitrogens with zero attached hydrogens (tertiary/aromatic N) is 3. The van der Waals surface area contributed by atoms with Gasteiger partial charge >= 0.3 is 6.36 Å². The summed E-state index contributed by atoms with van der Waals surface area (Å²) in [7, 11) is 0. The Morgan fingerprint density at radius 1 is 1.10 bits per heavy atom. The summed E-state index contributed by atoms with van der Waals surface area (Å²) >= 11 is 0. The summed E-state index contributed by atoms with van der Waals surface area (Å²) in [4.78, 5) is 61.7. The number of para-hydroxylation sites is 2.